The number of aromatic hydroxyl groups is 1. The number of Topliss-reactive ketones (excluding diaryl/α,β-unsaturated/α-hetero) is 4. The van der Waals surface area contributed by atoms with Gasteiger partial charge in [-0.1, -0.05) is 18.2 Å². The Morgan fingerprint density at radius 1 is 1.08 bits per heavy atom. The molecule has 0 spiro atoms. The topological polar surface area (TPSA) is 168 Å². The number of ketones is 4. The standard InChI is InChI=1S/C28H27N3O7/c1-31(2)22-17-12-15-11-16-14(4-3-13-7-9-30-10-8-13)5-6-18(32)20(16)23(33)19(15)25(35)28(17,38)26(36)21(24(22)34)27(29)37/h3-10,15,17,19,21-22,32,38H,11-12H2,1-2H3,(H2,29,37)/t15-,17-,19?,21?,22-,28-/m1/s1. The van der Waals surface area contributed by atoms with Crippen molar-refractivity contribution in [2.45, 2.75) is 24.5 Å². The molecular weight excluding hydrogens is 490 g/mol. The first-order valence-electron chi connectivity index (χ1n) is 12.3. The van der Waals surface area contributed by atoms with Gasteiger partial charge in [-0.3, -0.25) is 33.9 Å². The molecule has 2 saturated carbocycles. The molecule has 0 aliphatic heterocycles. The SMILES string of the molecule is CN(C)[C@H]1C(=O)C(C(N)=O)C(=O)[C@]2(O)C(=O)C3C(=O)c4c(O)ccc(C=Cc5ccncc5)c4C[C@@H]3C[C@H]12. The molecule has 6 atom stereocenters. The summed E-state index contributed by atoms with van der Waals surface area (Å²) in [4.78, 5) is 71.5. The summed E-state index contributed by atoms with van der Waals surface area (Å²) in [6.45, 7) is 0. The number of hydrogen-bond donors (Lipinski definition) is 3. The average Bonchev–Trinajstić information content (AvgIpc) is 2.86. The van der Waals surface area contributed by atoms with E-state index >= 15 is 0 Å². The maximum absolute atomic E-state index is 13.8. The lowest BCUT2D eigenvalue weighted by Crippen LogP contribution is -2.74. The average molecular weight is 518 g/mol. The van der Waals surface area contributed by atoms with Gasteiger partial charge in [-0.05, 0) is 67.7 Å². The second-order valence-corrected chi connectivity index (χ2v) is 10.4. The zero-order valence-electron chi connectivity index (χ0n) is 20.8. The van der Waals surface area contributed by atoms with Crippen LogP contribution in [-0.4, -0.2) is 74.9 Å². The van der Waals surface area contributed by atoms with Gasteiger partial charge in [0.05, 0.1) is 17.5 Å². The van der Waals surface area contributed by atoms with Gasteiger partial charge < -0.3 is 15.9 Å². The molecule has 2 aromatic rings. The van der Waals surface area contributed by atoms with Crippen molar-refractivity contribution >= 4 is 41.2 Å². The van der Waals surface area contributed by atoms with Crippen molar-refractivity contribution in [3.05, 3.63) is 58.9 Å². The van der Waals surface area contributed by atoms with Crippen molar-refractivity contribution in [2.24, 2.45) is 29.4 Å². The lowest BCUT2D eigenvalue weighted by atomic mass is 9.52. The van der Waals surface area contributed by atoms with Gasteiger partial charge in [-0.25, -0.2) is 0 Å². The predicted octanol–water partition coefficient (Wildman–Crippen LogP) is 0.432. The summed E-state index contributed by atoms with van der Waals surface area (Å²) in [7, 11) is 3.10. The van der Waals surface area contributed by atoms with Crippen LogP contribution >= 0.6 is 0 Å². The van der Waals surface area contributed by atoms with Crippen molar-refractivity contribution < 1.29 is 34.2 Å². The number of likely N-dealkylation sites (N-methyl/N-ethyl adjacent to an activating group) is 1. The number of carbonyl (C=O) groups excluding carboxylic acids is 5. The molecule has 10 heteroatoms. The Balaban J connectivity index is 1.60. The molecule has 1 heterocycles. The normalized spacial score (nSPS) is 30.8. The number of rotatable bonds is 4. The van der Waals surface area contributed by atoms with Crippen LogP contribution in [0.15, 0.2) is 36.7 Å². The van der Waals surface area contributed by atoms with Crippen LogP contribution in [0.1, 0.15) is 33.5 Å². The summed E-state index contributed by atoms with van der Waals surface area (Å²) in [6, 6.07) is 5.52. The molecule has 2 fully saturated rings. The molecule has 0 radical (unpaired) electrons. The number of hydrogen-bond acceptors (Lipinski definition) is 9. The smallest absolute Gasteiger partial charge is 0.235 e. The van der Waals surface area contributed by atoms with Crippen LogP contribution in [0.5, 0.6) is 5.75 Å². The number of nitrogens with two attached hydrogens (primary N) is 1. The molecule has 1 aromatic heterocycles. The van der Waals surface area contributed by atoms with Crippen molar-refractivity contribution in [2.75, 3.05) is 14.1 Å². The third-order valence-corrected chi connectivity index (χ3v) is 8.14. The zero-order chi connectivity index (χ0) is 27.5. The van der Waals surface area contributed by atoms with Crippen LogP contribution in [0, 0.1) is 23.7 Å². The van der Waals surface area contributed by atoms with E-state index in [1.807, 2.05) is 18.2 Å². The number of phenols is 1. The number of fused-ring (bicyclic) bond motifs is 3. The zero-order valence-corrected chi connectivity index (χ0v) is 20.8. The quantitative estimate of drug-likeness (QED) is 0.487. The first kappa shape index (κ1) is 25.6. The van der Waals surface area contributed by atoms with Crippen LogP contribution < -0.4 is 5.73 Å². The Kier molecular flexibility index (Phi) is 6.12. The number of nitrogens with zero attached hydrogens (tertiary/aromatic N) is 2. The molecule has 2 unspecified atom stereocenters. The number of primary amides is 1. The predicted molar refractivity (Wildman–Crippen MR) is 135 cm³/mol. The number of amides is 1. The highest BCUT2D eigenvalue weighted by Crippen LogP contribution is 2.51. The van der Waals surface area contributed by atoms with Crippen molar-refractivity contribution in [1.82, 2.24) is 9.88 Å². The number of pyridine rings is 1. The molecule has 5 rings (SSSR count). The number of phenolic OH excluding ortho intramolecular Hbond substituents is 1. The maximum atomic E-state index is 13.8. The van der Waals surface area contributed by atoms with Gasteiger partial charge in [0.1, 0.15) is 5.75 Å². The second kappa shape index (κ2) is 9.07. The van der Waals surface area contributed by atoms with E-state index < -0.39 is 64.4 Å². The highest BCUT2D eigenvalue weighted by atomic mass is 16.3. The summed E-state index contributed by atoms with van der Waals surface area (Å²) in [5, 5.41) is 22.2. The van der Waals surface area contributed by atoms with Gasteiger partial charge >= 0.3 is 0 Å². The Labute approximate surface area is 218 Å². The van der Waals surface area contributed by atoms with Crippen LogP contribution in [0.3, 0.4) is 0 Å². The van der Waals surface area contributed by atoms with E-state index in [1.54, 1.807) is 38.6 Å². The van der Waals surface area contributed by atoms with Gasteiger partial charge in [0, 0.05) is 18.3 Å². The summed E-state index contributed by atoms with van der Waals surface area (Å²) >= 11 is 0. The minimum absolute atomic E-state index is 0.00700. The first-order valence-corrected chi connectivity index (χ1v) is 12.3. The minimum Gasteiger partial charge on any atom is -0.507 e. The Morgan fingerprint density at radius 2 is 1.76 bits per heavy atom. The lowest BCUT2D eigenvalue weighted by Gasteiger charge is -2.52. The molecule has 196 valence electrons. The summed E-state index contributed by atoms with van der Waals surface area (Å²) < 4.78 is 0. The third-order valence-electron chi connectivity index (χ3n) is 8.14. The second-order valence-electron chi connectivity index (χ2n) is 10.4. The molecule has 3 aliphatic carbocycles. The maximum Gasteiger partial charge on any atom is 0.235 e. The fraction of sp³-hybridized carbons (Fsp3) is 0.357. The van der Waals surface area contributed by atoms with E-state index in [0.717, 1.165) is 5.56 Å². The minimum atomic E-state index is -2.73. The number of aromatic nitrogens is 1. The number of carbonyl (C=O) groups is 5. The van der Waals surface area contributed by atoms with E-state index in [9.17, 15) is 34.2 Å². The summed E-state index contributed by atoms with van der Waals surface area (Å²) in [5.74, 6) is -10.6. The van der Waals surface area contributed by atoms with Crippen LogP contribution in [0.4, 0.5) is 0 Å². The van der Waals surface area contributed by atoms with Gasteiger partial charge in [0.2, 0.25) is 5.91 Å². The fourth-order valence-electron chi connectivity index (χ4n) is 6.45. The van der Waals surface area contributed by atoms with E-state index in [0.29, 0.717) is 11.1 Å². The van der Waals surface area contributed by atoms with E-state index in [1.165, 1.54) is 11.0 Å². The van der Waals surface area contributed by atoms with E-state index in [-0.39, 0.29) is 24.2 Å². The Bertz CT molecular complexity index is 1420. The van der Waals surface area contributed by atoms with Crippen molar-refractivity contribution in [3.8, 4) is 5.75 Å². The molecule has 0 bridgehead atoms. The first-order chi connectivity index (χ1) is 18.0. The lowest BCUT2D eigenvalue weighted by molar-refractivity contribution is -0.181. The molecule has 3 aliphatic rings. The van der Waals surface area contributed by atoms with Crippen LogP contribution in [0.25, 0.3) is 12.2 Å². The molecule has 0 saturated heterocycles. The largest absolute Gasteiger partial charge is 0.507 e. The van der Waals surface area contributed by atoms with Gasteiger partial charge in [-0.15, -0.1) is 0 Å². The number of aliphatic hydroxyl groups is 1. The van der Waals surface area contributed by atoms with Gasteiger partial charge in [0.25, 0.3) is 0 Å². The molecule has 38 heavy (non-hydrogen) atoms. The highest BCUT2D eigenvalue weighted by molar-refractivity contribution is 6.32. The van der Waals surface area contributed by atoms with Crippen LogP contribution in [-0.2, 0) is 25.6 Å². The Hall–Kier alpha value is -4.02. The molecular formula is C28H27N3O7. The molecule has 1 amide bonds. The van der Waals surface area contributed by atoms with Crippen molar-refractivity contribution in [1.29, 1.82) is 0 Å². The summed E-state index contributed by atoms with van der Waals surface area (Å²) in [6.07, 6.45) is 7.14. The molecule has 10 nitrogen and oxygen atoms in total. The van der Waals surface area contributed by atoms with E-state index in [2.05, 4.69) is 4.98 Å². The fourth-order valence-corrected chi connectivity index (χ4v) is 6.45. The monoisotopic (exact) mass is 517 g/mol. The van der Waals surface area contributed by atoms with E-state index in [4.69, 9.17) is 5.73 Å². The Morgan fingerprint density at radius 3 is 2.39 bits per heavy atom. The van der Waals surface area contributed by atoms with Crippen molar-refractivity contribution in [3.63, 3.8) is 0 Å². The third kappa shape index (κ3) is 3.63. The molecule has 1 aromatic carbocycles. The van der Waals surface area contributed by atoms with Gasteiger partial charge in [-0.2, -0.15) is 0 Å². The summed E-state index contributed by atoms with van der Waals surface area (Å²) in [5.41, 5.74) is 4.66. The van der Waals surface area contributed by atoms with Gasteiger partial charge in [0.15, 0.2) is 34.7 Å². The molecule has 4 N–H and O–H groups in total. The van der Waals surface area contributed by atoms with Crippen LogP contribution in [0.2, 0.25) is 0 Å². The number of benzene rings is 1. The highest BCUT2D eigenvalue weighted by Gasteiger charge is 2.69.